The Balaban J connectivity index is 2.36. The number of hydrogen-bond acceptors (Lipinski definition) is 4. The van der Waals surface area contributed by atoms with Gasteiger partial charge in [0.25, 0.3) is 0 Å². The van der Waals surface area contributed by atoms with E-state index in [2.05, 4.69) is 9.88 Å². The van der Waals surface area contributed by atoms with Gasteiger partial charge in [-0.3, -0.25) is 4.98 Å². The summed E-state index contributed by atoms with van der Waals surface area (Å²) in [4.78, 5) is 6.10. The molecular formula is C12H18ClN3O2S. The van der Waals surface area contributed by atoms with E-state index >= 15 is 0 Å². The van der Waals surface area contributed by atoms with Crippen molar-refractivity contribution in [3.05, 3.63) is 23.5 Å². The smallest absolute Gasteiger partial charge is 0.246 e. The van der Waals surface area contributed by atoms with E-state index in [1.807, 2.05) is 14.0 Å². The summed E-state index contributed by atoms with van der Waals surface area (Å²) >= 11 is 5.99. The molecule has 0 amide bonds. The first-order chi connectivity index (χ1) is 8.93. The summed E-state index contributed by atoms with van der Waals surface area (Å²) in [7, 11) is -1.57. The second-order valence-electron chi connectivity index (χ2n) is 4.89. The van der Waals surface area contributed by atoms with Crippen LogP contribution in [0.25, 0.3) is 0 Å². The number of aromatic nitrogens is 1. The van der Waals surface area contributed by atoms with E-state index in [9.17, 15) is 8.42 Å². The topological polar surface area (TPSA) is 53.5 Å². The number of likely N-dealkylation sites (N-methyl/N-ethyl adjacent to an activating group) is 1. The fourth-order valence-electron chi connectivity index (χ4n) is 2.39. The van der Waals surface area contributed by atoms with Gasteiger partial charge in [-0.25, -0.2) is 8.42 Å². The van der Waals surface area contributed by atoms with Crippen molar-refractivity contribution >= 4 is 21.6 Å². The molecule has 0 saturated carbocycles. The summed E-state index contributed by atoms with van der Waals surface area (Å²) < 4.78 is 26.8. The second kappa shape index (κ2) is 5.75. The van der Waals surface area contributed by atoms with Gasteiger partial charge >= 0.3 is 0 Å². The molecule has 1 saturated heterocycles. The fraction of sp³-hybridized carbons (Fsp3) is 0.583. The molecule has 1 aliphatic rings. The third kappa shape index (κ3) is 3.08. The van der Waals surface area contributed by atoms with Gasteiger partial charge in [-0.2, -0.15) is 4.31 Å². The zero-order chi connectivity index (χ0) is 14.0. The van der Waals surface area contributed by atoms with Crippen molar-refractivity contribution < 1.29 is 8.42 Å². The van der Waals surface area contributed by atoms with Crippen LogP contribution >= 0.6 is 11.6 Å². The van der Waals surface area contributed by atoms with Crippen LogP contribution in [0.15, 0.2) is 23.4 Å². The largest absolute Gasteiger partial charge is 0.305 e. The maximum absolute atomic E-state index is 12.7. The zero-order valence-electron chi connectivity index (χ0n) is 11.1. The highest BCUT2D eigenvalue weighted by molar-refractivity contribution is 7.89. The van der Waals surface area contributed by atoms with E-state index in [4.69, 9.17) is 11.6 Å². The van der Waals surface area contributed by atoms with Gasteiger partial charge in [0.2, 0.25) is 10.0 Å². The van der Waals surface area contributed by atoms with Crippen molar-refractivity contribution in [2.75, 3.05) is 26.7 Å². The van der Waals surface area contributed by atoms with Crippen molar-refractivity contribution in [2.24, 2.45) is 0 Å². The van der Waals surface area contributed by atoms with Gasteiger partial charge in [0.1, 0.15) is 4.90 Å². The van der Waals surface area contributed by atoms with E-state index in [1.54, 1.807) is 0 Å². The highest BCUT2D eigenvalue weighted by Gasteiger charge is 2.32. The van der Waals surface area contributed by atoms with Crippen LogP contribution in [0.4, 0.5) is 0 Å². The lowest BCUT2D eigenvalue weighted by Gasteiger charge is -2.27. The molecule has 106 valence electrons. The minimum atomic E-state index is -3.58. The lowest BCUT2D eigenvalue weighted by molar-refractivity contribution is 0.290. The molecule has 0 spiro atoms. The number of pyridine rings is 1. The van der Waals surface area contributed by atoms with Crippen LogP contribution in [0.5, 0.6) is 0 Å². The van der Waals surface area contributed by atoms with E-state index in [-0.39, 0.29) is 16.0 Å². The molecule has 7 heteroatoms. The van der Waals surface area contributed by atoms with Crippen molar-refractivity contribution in [1.82, 2.24) is 14.2 Å². The predicted octanol–water partition coefficient (Wildman–Crippen LogP) is 1.45. The molecular weight excluding hydrogens is 286 g/mol. The van der Waals surface area contributed by atoms with Gasteiger partial charge < -0.3 is 4.90 Å². The van der Waals surface area contributed by atoms with Crippen molar-refractivity contribution in [2.45, 2.75) is 24.3 Å². The number of rotatable bonds is 2. The summed E-state index contributed by atoms with van der Waals surface area (Å²) in [6.45, 7) is 4.05. The van der Waals surface area contributed by atoms with Gasteiger partial charge in [0.05, 0.1) is 5.02 Å². The van der Waals surface area contributed by atoms with Crippen molar-refractivity contribution in [3.8, 4) is 0 Å². The molecule has 1 fully saturated rings. The van der Waals surface area contributed by atoms with E-state index in [0.717, 1.165) is 19.5 Å². The molecule has 1 aromatic heterocycles. The van der Waals surface area contributed by atoms with Gasteiger partial charge in [-0.05, 0) is 33.0 Å². The number of halogens is 1. The van der Waals surface area contributed by atoms with Crippen LogP contribution < -0.4 is 0 Å². The molecule has 5 nitrogen and oxygen atoms in total. The second-order valence-corrected chi connectivity index (χ2v) is 7.15. The third-order valence-electron chi connectivity index (χ3n) is 3.31. The molecule has 1 aromatic rings. The maximum atomic E-state index is 12.7. The normalized spacial score (nSPS) is 23.2. The monoisotopic (exact) mass is 303 g/mol. The quantitative estimate of drug-likeness (QED) is 0.830. The molecule has 2 heterocycles. The first-order valence-corrected chi connectivity index (χ1v) is 8.04. The maximum Gasteiger partial charge on any atom is 0.246 e. The first-order valence-electron chi connectivity index (χ1n) is 6.23. The fourth-order valence-corrected chi connectivity index (χ4v) is 4.46. The molecule has 1 aliphatic heterocycles. The standard InChI is InChI=1S/C12H18ClN3O2S/c1-10-9-15(2)6-3-7-16(10)19(17,18)12-8-14-5-4-11(12)13/h4-5,8,10H,3,6-7,9H2,1-2H3. The molecule has 0 aromatic carbocycles. The van der Waals surface area contributed by atoms with Crippen LogP contribution in [0.1, 0.15) is 13.3 Å². The summed E-state index contributed by atoms with van der Waals surface area (Å²) in [5, 5.41) is 0.222. The summed E-state index contributed by atoms with van der Waals surface area (Å²) in [5.41, 5.74) is 0. The molecule has 19 heavy (non-hydrogen) atoms. The third-order valence-corrected chi connectivity index (χ3v) is 5.79. The summed E-state index contributed by atoms with van der Waals surface area (Å²) in [5.74, 6) is 0. The van der Waals surface area contributed by atoms with E-state index in [1.165, 1.54) is 22.8 Å². The first kappa shape index (κ1) is 14.7. The Morgan fingerprint density at radius 3 is 2.84 bits per heavy atom. The van der Waals surface area contributed by atoms with Crippen LogP contribution in [-0.2, 0) is 10.0 Å². The SMILES string of the molecule is CC1CN(C)CCCN1S(=O)(=O)c1cnccc1Cl. The Hall–Kier alpha value is -0.690. The molecule has 0 radical (unpaired) electrons. The molecule has 1 unspecified atom stereocenters. The zero-order valence-corrected chi connectivity index (χ0v) is 12.7. The molecule has 0 aliphatic carbocycles. The Kier molecular flexibility index (Phi) is 4.45. The Bertz CT molecular complexity index is 550. The lowest BCUT2D eigenvalue weighted by atomic mass is 10.3. The Morgan fingerprint density at radius 2 is 2.16 bits per heavy atom. The average Bonchev–Trinajstić information content (AvgIpc) is 2.50. The van der Waals surface area contributed by atoms with Crippen molar-refractivity contribution in [1.29, 1.82) is 0 Å². The van der Waals surface area contributed by atoms with Crippen LogP contribution in [0.2, 0.25) is 5.02 Å². The highest BCUT2D eigenvalue weighted by Crippen LogP contribution is 2.26. The lowest BCUT2D eigenvalue weighted by Crippen LogP contribution is -2.42. The molecule has 1 atom stereocenters. The Morgan fingerprint density at radius 1 is 1.42 bits per heavy atom. The molecule has 2 rings (SSSR count). The van der Waals surface area contributed by atoms with Crippen LogP contribution in [-0.4, -0.2) is 55.3 Å². The molecule has 0 bridgehead atoms. The highest BCUT2D eigenvalue weighted by atomic mass is 35.5. The molecule has 0 N–H and O–H groups in total. The predicted molar refractivity (Wildman–Crippen MR) is 74.7 cm³/mol. The average molecular weight is 304 g/mol. The van der Waals surface area contributed by atoms with Gasteiger partial charge in [-0.1, -0.05) is 11.6 Å². The number of nitrogens with zero attached hydrogens (tertiary/aromatic N) is 3. The number of sulfonamides is 1. The van der Waals surface area contributed by atoms with Gasteiger partial charge in [-0.15, -0.1) is 0 Å². The van der Waals surface area contributed by atoms with Crippen LogP contribution in [0, 0.1) is 0 Å². The van der Waals surface area contributed by atoms with Gasteiger partial charge in [0.15, 0.2) is 0 Å². The van der Waals surface area contributed by atoms with Crippen LogP contribution in [0.3, 0.4) is 0 Å². The minimum Gasteiger partial charge on any atom is -0.305 e. The minimum absolute atomic E-state index is 0.0752. The van der Waals surface area contributed by atoms with E-state index in [0.29, 0.717) is 6.54 Å². The number of hydrogen-bond donors (Lipinski definition) is 0. The Labute approximate surface area is 119 Å². The van der Waals surface area contributed by atoms with Crippen molar-refractivity contribution in [3.63, 3.8) is 0 Å². The van der Waals surface area contributed by atoms with E-state index < -0.39 is 10.0 Å². The van der Waals surface area contributed by atoms with Gasteiger partial charge in [0, 0.05) is 31.5 Å². The summed E-state index contributed by atoms with van der Waals surface area (Å²) in [6.07, 6.45) is 3.62. The summed E-state index contributed by atoms with van der Waals surface area (Å²) in [6, 6.07) is 1.43.